The third-order valence-corrected chi connectivity index (χ3v) is 2.18. The van der Waals surface area contributed by atoms with Crippen molar-refractivity contribution >= 4 is 5.82 Å². The van der Waals surface area contributed by atoms with E-state index in [1.807, 2.05) is 24.8 Å². The second-order valence-corrected chi connectivity index (χ2v) is 3.41. The van der Waals surface area contributed by atoms with Gasteiger partial charge in [0.05, 0.1) is 12.0 Å². The van der Waals surface area contributed by atoms with Gasteiger partial charge in [0.15, 0.2) is 11.5 Å². The van der Waals surface area contributed by atoms with Crippen LogP contribution in [0.15, 0.2) is 12.4 Å². The predicted molar refractivity (Wildman–Crippen MR) is 59.4 cm³/mol. The molecule has 1 atom stereocenters. The molecule has 0 amide bonds. The molecule has 1 aromatic heterocycles. The molecule has 0 radical (unpaired) electrons. The van der Waals surface area contributed by atoms with E-state index in [0.29, 0.717) is 24.6 Å². The summed E-state index contributed by atoms with van der Waals surface area (Å²) in [5, 5.41) is 17.7. The van der Waals surface area contributed by atoms with Gasteiger partial charge in [0.2, 0.25) is 0 Å². The smallest absolute Gasteiger partial charge is 0.183 e. The van der Waals surface area contributed by atoms with Crippen molar-refractivity contribution in [3.05, 3.63) is 18.1 Å². The molecule has 0 saturated carbocycles. The molecular formula is C11H13N5. The minimum atomic E-state index is -0.103. The monoisotopic (exact) mass is 215 g/mol. The highest BCUT2D eigenvalue weighted by Gasteiger charge is 2.14. The van der Waals surface area contributed by atoms with Gasteiger partial charge in [0.25, 0.3) is 0 Å². The summed E-state index contributed by atoms with van der Waals surface area (Å²) in [5.74, 6) is 0.447. The van der Waals surface area contributed by atoms with Crippen molar-refractivity contribution in [1.29, 1.82) is 10.5 Å². The fourth-order valence-electron chi connectivity index (χ4n) is 1.38. The van der Waals surface area contributed by atoms with Crippen molar-refractivity contribution in [3.8, 4) is 12.1 Å². The number of hydrogen-bond acceptors (Lipinski definition) is 5. The molecule has 0 saturated heterocycles. The van der Waals surface area contributed by atoms with Crippen LogP contribution < -0.4 is 4.90 Å². The first-order chi connectivity index (χ1) is 7.72. The summed E-state index contributed by atoms with van der Waals surface area (Å²) in [4.78, 5) is 9.98. The standard InChI is InChI=1S/C11H13N5/c1-3-16(8-9(2)6-12)11-10(7-13)14-4-5-15-11/h4-5,9H,3,8H2,1-2H3. The molecule has 0 aliphatic rings. The molecular weight excluding hydrogens is 202 g/mol. The molecule has 1 rings (SSSR count). The zero-order chi connectivity index (χ0) is 12.0. The number of nitrogens with zero attached hydrogens (tertiary/aromatic N) is 5. The van der Waals surface area contributed by atoms with E-state index in [-0.39, 0.29) is 5.92 Å². The van der Waals surface area contributed by atoms with Crippen molar-refractivity contribution in [1.82, 2.24) is 9.97 Å². The molecule has 0 spiro atoms. The van der Waals surface area contributed by atoms with Crippen LogP contribution in [0.1, 0.15) is 19.5 Å². The first-order valence-corrected chi connectivity index (χ1v) is 5.08. The Morgan fingerprint density at radius 1 is 1.38 bits per heavy atom. The third-order valence-electron chi connectivity index (χ3n) is 2.18. The number of aromatic nitrogens is 2. The molecule has 5 heteroatoms. The quantitative estimate of drug-likeness (QED) is 0.757. The Kier molecular flexibility index (Phi) is 4.23. The normalized spacial score (nSPS) is 11.2. The van der Waals surface area contributed by atoms with Gasteiger partial charge in [0.1, 0.15) is 6.07 Å². The fraction of sp³-hybridized carbons (Fsp3) is 0.455. The summed E-state index contributed by atoms with van der Waals surface area (Å²) in [6.07, 6.45) is 3.04. The summed E-state index contributed by atoms with van der Waals surface area (Å²) in [6, 6.07) is 4.17. The minimum Gasteiger partial charge on any atom is -0.353 e. The summed E-state index contributed by atoms with van der Waals surface area (Å²) in [5.41, 5.74) is 0.300. The average Bonchev–Trinajstić information content (AvgIpc) is 2.35. The SMILES string of the molecule is CCN(CC(C)C#N)c1nccnc1C#N. The highest BCUT2D eigenvalue weighted by Crippen LogP contribution is 2.15. The van der Waals surface area contributed by atoms with Gasteiger partial charge in [-0.3, -0.25) is 0 Å². The number of rotatable bonds is 4. The minimum absolute atomic E-state index is 0.103. The number of anilines is 1. The van der Waals surface area contributed by atoms with Crippen LogP contribution in [0.4, 0.5) is 5.82 Å². The molecule has 0 bridgehead atoms. The van der Waals surface area contributed by atoms with Crippen LogP contribution >= 0.6 is 0 Å². The van der Waals surface area contributed by atoms with Crippen LogP contribution in [-0.2, 0) is 0 Å². The lowest BCUT2D eigenvalue weighted by Crippen LogP contribution is -2.29. The molecule has 0 aliphatic heterocycles. The van der Waals surface area contributed by atoms with Crippen molar-refractivity contribution in [2.45, 2.75) is 13.8 Å². The fourth-order valence-corrected chi connectivity index (χ4v) is 1.38. The van der Waals surface area contributed by atoms with Crippen molar-refractivity contribution in [2.75, 3.05) is 18.0 Å². The van der Waals surface area contributed by atoms with Crippen LogP contribution in [0.25, 0.3) is 0 Å². The molecule has 1 heterocycles. The number of hydrogen-bond donors (Lipinski definition) is 0. The van der Waals surface area contributed by atoms with E-state index in [0.717, 1.165) is 0 Å². The van der Waals surface area contributed by atoms with Crippen LogP contribution in [0.2, 0.25) is 0 Å². The highest BCUT2D eigenvalue weighted by atomic mass is 15.2. The van der Waals surface area contributed by atoms with Crippen LogP contribution in [0.3, 0.4) is 0 Å². The predicted octanol–water partition coefficient (Wildman–Crippen LogP) is 1.33. The van der Waals surface area contributed by atoms with Gasteiger partial charge >= 0.3 is 0 Å². The second kappa shape index (κ2) is 5.67. The maximum Gasteiger partial charge on any atom is 0.183 e. The van der Waals surface area contributed by atoms with Gasteiger partial charge < -0.3 is 4.90 Å². The molecule has 82 valence electrons. The van der Waals surface area contributed by atoms with Crippen LogP contribution in [0, 0.1) is 28.6 Å². The van der Waals surface area contributed by atoms with E-state index in [2.05, 4.69) is 16.0 Å². The molecule has 16 heavy (non-hydrogen) atoms. The largest absolute Gasteiger partial charge is 0.353 e. The maximum absolute atomic E-state index is 8.91. The summed E-state index contributed by atoms with van der Waals surface area (Å²) >= 11 is 0. The second-order valence-electron chi connectivity index (χ2n) is 3.41. The lowest BCUT2D eigenvalue weighted by atomic mass is 10.2. The Hall–Kier alpha value is -2.14. The van der Waals surface area contributed by atoms with E-state index < -0.39 is 0 Å². The van der Waals surface area contributed by atoms with Crippen molar-refractivity contribution in [3.63, 3.8) is 0 Å². The first-order valence-electron chi connectivity index (χ1n) is 5.08. The molecule has 5 nitrogen and oxygen atoms in total. The first kappa shape index (κ1) is 11.9. The maximum atomic E-state index is 8.91. The van der Waals surface area contributed by atoms with Gasteiger partial charge in [0, 0.05) is 25.5 Å². The molecule has 0 fully saturated rings. The Morgan fingerprint density at radius 3 is 2.62 bits per heavy atom. The molecule has 0 aromatic carbocycles. The van der Waals surface area contributed by atoms with E-state index in [1.54, 1.807) is 6.20 Å². The highest BCUT2D eigenvalue weighted by molar-refractivity contribution is 5.49. The van der Waals surface area contributed by atoms with Crippen LogP contribution in [0.5, 0.6) is 0 Å². The van der Waals surface area contributed by atoms with Gasteiger partial charge in [-0.2, -0.15) is 10.5 Å². The van der Waals surface area contributed by atoms with E-state index >= 15 is 0 Å². The van der Waals surface area contributed by atoms with E-state index in [1.165, 1.54) is 6.20 Å². The number of nitriles is 2. The Morgan fingerprint density at radius 2 is 2.06 bits per heavy atom. The van der Waals surface area contributed by atoms with Gasteiger partial charge in [-0.25, -0.2) is 9.97 Å². The zero-order valence-electron chi connectivity index (χ0n) is 9.38. The lowest BCUT2D eigenvalue weighted by Gasteiger charge is -2.22. The lowest BCUT2D eigenvalue weighted by molar-refractivity contribution is 0.677. The Labute approximate surface area is 95.0 Å². The topological polar surface area (TPSA) is 76.6 Å². The summed E-state index contributed by atoms with van der Waals surface area (Å²) in [7, 11) is 0. The van der Waals surface area contributed by atoms with E-state index in [4.69, 9.17) is 10.5 Å². The summed E-state index contributed by atoms with van der Waals surface area (Å²) in [6.45, 7) is 5.05. The molecule has 1 unspecified atom stereocenters. The van der Waals surface area contributed by atoms with Crippen molar-refractivity contribution < 1.29 is 0 Å². The Balaban J connectivity index is 2.96. The van der Waals surface area contributed by atoms with Gasteiger partial charge in [-0.15, -0.1) is 0 Å². The summed E-state index contributed by atoms with van der Waals surface area (Å²) < 4.78 is 0. The third kappa shape index (κ3) is 2.68. The van der Waals surface area contributed by atoms with Gasteiger partial charge in [-0.05, 0) is 13.8 Å². The van der Waals surface area contributed by atoms with Crippen molar-refractivity contribution in [2.24, 2.45) is 5.92 Å². The molecule has 1 aromatic rings. The molecule has 0 aliphatic carbocycles. The average molecular weight is 215 g/mol. The van der Waals surface area contributed by atoms with Gasteiger partial charge in [-0.1, -0.05) is 0 Å². The molecule has 0 N–H and O–H groups in total. The zero-order valence-corrected chi connectivity index (χ0v) is 9.38. The Bertz CT molecular complexity index is 429. The van der Waals surface area contributed by atoms with E-state index in [9.17, 15) is 0 Å². The van der Waals surface area contributed by atoms with Crippen LogP contribution in [-0.4, -0.2) is 23.1 Å².